The molecule has 3 heterocycles. The van der Waals surface area contributed by atoms with Crippen molar-refractivity contribution in [3.63, 3.8) is 0 Å². The van der Waals surface area contributed by atoms with Gasteiger partial charge in [0.2, 0.25) is 6.29 Å². The largest absolute Gasteiger partial charge is 0.347 e. The quantitative estimate of drug-likeness (QED) is 0.421. The minimum atomic E-state index is -0.362. The molecule has 5 rings (SSSR count). The van der Waals surface area contributed by atoms with Crippen LogP contribution in [0.25, 0.3) is 0 Å². The van der Waals surface area contributed by atoms with E-state index in [0.717, 1.165) is 36.8 Å². The molecule has 1 aromatic carbocycles. The lowest BCUT2D eigenvalue weighted by Gasteiger charge is -2.31. The summed E-state index contributed by atoms with van der Waals surface area (Å²) in [7, 11) is 0. The number of anilines is 1. The number of carbonyl (C=O) groups is 1. The second kappa shape index (κ2) is 12.4. The molecule has 2 saturated heterocycles. The number of urea groups is 1. The van der Waals surface area contributed by atoms with Crippen LogP contribution in [0, 0.1) is 11.8 Å². The fourth-order valence-electron chi connectivity index (χ4n) is 5.61. The van der Waals surface area contributed by atoms with Gasteiger partial charge in [0, 0.05) is 29.4 Å². The van der Waals surface area contributed by atoms with E-state index in [1.807, 2.05) is 4.90 Å². The van der Waals surface area contributed by atoms with Gasteiger partial charge >= 0.3 is 6.03 Å². The first-order valence-corrected chi connectivity index (χ1v) is 14.9. The van der Waals surface area contributed by atoms with E-state index in [1.54, 1.807) is 29.5 Å². The normalized spacial score (nSPS) is 26.3. The molecule has 3 fully saturated rings. The lowest BCUT2D eigenvalue weighted by Crippen LogP contribution is -2.40. The predicted molar refractivity (Wildman–Crippen MR) is 145 cm³/mol. The van der Waals surface area contributed by atoms with Gasteiger partial charge in [-0.1, -0.05) is 55.3 Å². The van der Waals surface area contributed by atoms with Crippen molar-refractivity contribution in [2.45, 2.75) is 70.0 Å². The molecule has 0 spiro atoms. The third kappa shape index (κ3) is 6.54. The van der Waals surface area contributed by atoms with Gasteiger partial charge in [0.05, 0.1) is 28.9 Å². The van der Waals surface area contributed by atoms with Crippen LogP contribution in [0.3, 0.4) is 0 Å². The lowest BCUT2D eigenvalue weighted by atomic mass is 9.86. The summed E-state index contributed by atoms with van der Waals surface area (Å²) in [4.78, 5) is 19.5. The summed E-state index contributed by atoms with van der Waals surface area (Å²) in [6.45, 7) is 2.88. The second-order valence-electron chi connectivity index (χ2n) is 10.3. The Hall–Kier alpha value is -1.38. The molecule has 1 saturated carbocycles. The van der Waals surface area contributed by atoms with Crippen LogP contribution >= 0.6 is 34.5 Å². The molecule has 2 aromatic rings. The van der Waals surface area contributed by atoms with Crippen LogP contribution in [-0.4, -0.2) is 42.2 Å². The van der Waals surface area contributed by atoms with E-state index in [4.69, 9.17) is 37.7 Å². The van der Waals surface area contributed by atoms with Gasteiger partial charge in [-0.05, 0) is 55.7 Å². The van der Waals surface area contributed by atoms with Crippen molar-refractivity contribution in [1.29, 1.82) is 0 Å². The summed E-state index contributed by atoms with van der Waals surface area (Å²) in [5.41, 5.74) is 1.43. The topological polar surface area (TPSA) is 63.7 Å². The Morgan fingerprint density at radius 2 is 1.64 bits per heavy atom. The molecule has 2 unspecified atom stereocenters. The minimum absolute atomic E-state index is 0.151. The molecule has 196 valence electrons. The summed E-state index contributed by atoms with van der Waals surface area (Å²) in [6.07, 6.45) is 10.6. The molecule has 3 aliphatic rings. The van der Waals surface area contributed by atoms with Crippen molar-refractivity contribution < 1.29 is 14.3 Å². The monoisotopic (exact) mass is 551 g/mol. The first-order chi connectivity index (χ1) is 17.6. The van der Waals surface area contributed by atoms with E-state index >= 15 is 0 Å². The highest BCUT2D eigenvalue weighted by Crippen LogP contribution is 2.37. The van der Waals surface area contributed by atoms with E-state index in [9.17, 15) is 4.79 Å². The van der Waals surface area contributed by atoms with Crippen molar-refractivity contribution in [2.75, 3.05) is 31.6 Å². The number of halogens is 2. The Bertz CT molecular complexity index is 1010. The third-order valence-corrected chi connectivity index (χ3v) is 9.41. The average molecular weight is 553 g/mol. The average Bonchev–Trinajstić information content (AvgIpc) is 3.33. The van der Waals surface area contributed by atoms with Gasteiger partial charge in [-0.15, -0.1) is 11.3 Å². The number of hydrogen-bond acceptors (Lipinski definition) is 5. The van der Waals surface area contributed by atoms with Gasteiger partial charge in [-0.3, -0.25) is 0 Å². The van der Waals surface area contributed by atoms with Crippen molar-refractivity contribution in [3.05, 3.63) is 44.3 Å². The number of nitrogens with one attached hydrogen (secondary N) is 1. The zero-order valence-electron chi connectivity index (χ0n) is 20.6. The number of carbonyl (C=O) groups excluding carboxylic acids is 1. The molecule has 2 aliphatic heterocycles. The van der Waals surface area contributed by atoms with Crippen molar-refractivity contribution >= 4 is 46.3 Å². The Labute approximate surface area is 227 Å². The molecular weight excluding hydrogens is 517 g/mol. The highest BCUT2D eigenvalue weighted by atomic mass is 35.5. The predicted octanol–water partition coefficient (Wildman–Crippen LogP) is 7.88. The fraction of sp³-hybridized carbons (Fsp3) is 0.630. The number of ether oxygens (including phenoxy) is 2. The fourth-order valence-corrected chi connectivity index (χ4v) is 6.94. The molecular formula is C27H35Cl2N3O3S. The van der Waals surface area contributed by atoms with Crippen LogP contribution in [0.2, 0.25) is 10.0 Å². The molecule has 36 heavy (non-hydrogen) atoms. The number of hydrogen-bond donors (Lipinski definition) is 1. The van der Waals surface area contributed by atoms with Crippen LogP contribution in [-0.2, 0) is 9.47 Å². The number of benzene rings is 1. The highest BCUT2D eigenvalue weighted by molar-refractivity contribution is 7.09. The van der Waals surface area contributed by atoms with Gasteiger partial charge in [-0.2, -0.15) is 0 Å². The summed E-state index contributed by atoms with van der Waals surface area (Å²) >= 11 is 13.9. The zero-order chi connectivity index (χ0) is 24.9. The summed E-state index contributed by atoms with van der Waals surface area (Å²) < 4.78 is 12.5. The molecule has 0 radical (unpaired) electrons. The Balaban J connectivity index is 1.14. The molecule has 1 N–H and O–H groups in total. The maximum Gasteiger partial charge on any atom is 0.321 e. The number of rotatable bonds is 3. The first-order valence-electron chi connectivity index (χ1n) is 13.3. The smallest absolute Gasteiger partial charge is 0.321 e. The molecule has 1 aliphatic carbocycles. The van der Waals surface area contributed by atoms with E-state index in [2.05, 4.69) is 10.7 Å². The maximum absolute atomic E-state index is 12.8. The number of nitrogens with zero attached hydrogens (tertiary/aromatic N) is 2. The number of aromatic nitrogens is 1. The number of piperidine rings is 1. The van der Waals surface area contributed by atoms with Crippen LogP contribution in [0.5, 0.6) is 0 Å². The zero-order valence-corrected chi connectivity index (χ0v) is 22.9. The van der Waals surface area contributed by atoms with Crippen LogP contribution in [0.4, 0.5) is 10.5 Å². The molecule has 9 heteroatoms. The van der Waals surface area contributed by atoms with Crippen molar-refractivity contribution in [1.82, 2.24) is 9.88 Å². The highest BCUT2D eigenvalue weighted by Gasteiger charge is 2.31. The molecule has 2 atom stereocenters. The van der Waals surface area contributed by atoms with Crippen LogP contribution < -0.4 is 5.32 Å². The van der Waals surface area contributed by atoms with Gasteiger partial charge in [0.25, 0.3) is 0 Å². The number of fused-ring (bicyclic) bond motifs is 1. The summed E-state index contributed by atoms with van der Waals surface area (Å²) in [5.74, 6) is 1.54. The van der Waals surface area contributed by atoms with E-state index in [1.165, 1.54) is 44.9 Å². The Morgan fingerprint density at radius 3 is 2.33 bits per heavy atom. The van der Waals surface area contributed by atoms with E-state index in [-0.39, 0.29) is 12.3 Å². The molecule has 0 bridgehead atoms. The minimum Gasteiger partial charge on any atom is -0.347 e. The van der Waals surface area contributed by atoms with Gasteiger partial charge < -0.3 is 19.7 Å². The van der Waals surface area contributed by atoms with Gasteiger partial charge in [0.1, 0.15) is 5.69 Å². The van der Waals surface area contributed by atoms with Crippen molar-refractivity contribution in [3.8, 4) is 0 Å². The SMILES string of the molecule is O=C(Nc1cc(Cl)ccc1Cl)N1CCC(c2nc(C3OCC4CCCCCCCC4CO3)cs2)CC1. The Morgan fingerprint density at radius 1 is 0.972 bits per heavy atom. The van der Waals surface area contributed by atoms with E-state index < -0.39 is 0 Å². The first kappa shape index (κ1) is 26.2. The number of thiazole rings is 1. The van der Waals surface area contributed by atoms with Gasteiger partial charge in [0.15, 0.2) is 0 Å². The third-order valence-electron chi connectivity index (χ3n) is 7.82. The van der Waals surface area contributed by atoms with Crippen LogP contribution in [0.1, 0.15) is 80.7 Å². The number of likely N-dealkylation sites (tertiary alicyclic amines) is 1. The van der Waals surface area contributed by atoms with Crippen LogP contribution in [0.15, 0.2) is 23.6 Å². The molecule has 1 aromatic heterocycles. The lowest BCUT2D eigenvalue weighted by molar-refractivity contribution is -0.136. The van der Waals surface area contributed by atoms with E-state index in [0.29, 0.717) is 46.6 Å². The summed E-state index contributed by atoms with van der Waals surface area (Å²) in [6, 6.07) is 4.91. The van der Waals surface area contributed by atoms with Crippen molar-refractivity contribution in [2.24, 2.45) is 11.8 Å². The maximum atomic E-state index is 12.8. The van der Waals surface area contributed by atoms with Gasteiger partial charge in [-0.25, -0.2) is 9.78 Å². The molecule has 2 amide bonds. The number of amides is 2. The molecule has 6 nitrogen and oxygen atoms in total. The summed E-state index contributed by atoms with van der Waals surface area (Å²) in [5, 5.41) is 7.10. The second-order valence-corrected chi connectivity index (χ2v) is 12.0. The standard InChI is InChI=1S/C27H35Cl2N3O3S/c28-21-8-9-22(29)23(14-21)31-27(33)32-12-10-18(11-13-32)25-30-24(17-36-25)26-34-15-19-6-4-2-1-3-5-7-20(19)16-35-26/h8-9,14,17-20,26H,1-7,10-13,15-16H2,(H,31,33). The Kier molecular flexibility index (Phi) is 9.07.